The Morgan fingerprint density at radius 3 is 2.76 bits per heavy atom. The molecular formula is C14H20N2O. The van der Waals surface area contributed by atoms with Crippen molar-refractivity contribution in [2.45, 2.75) is 32.9 Å². The fourth-order valence-electron chi connectivity index (χ4n) is 2.25. The number of nitrogens with zero attached hydrogens (tertiary/aromatic N) is 1. The molecule has 92 valence electrons. The van der Waals surface area contributed by atoms with Crippen LogP contribution in [0.1, 0.15) is 31.1 Å². The van der Waals surface area contributed by atoms with E-state index < -0.39 is 6.10 Å². The number of fused-ring (bicyclic) bond motifs is 1. The Balaban J connectivity index is 2.63. The summed E-state index contributed by atoms with van der Waals surface area (Å²) in [7, 11) is 0. The van der Waals surface area contributed by atoms with Crippen LogP contribution in [0.5, 0.6) is 0 Å². The number of aryl methyl sites for hydroxylation is 1. The van der Waals surface area contributed by atoms with Crippen molar-refractivity contribution in [3.05, 3.63) is 35.5 Å². The highest BCUT2D eigenvalue weighted by Gasteiger charge is 2.12. The Hall–Kier alpha value is -1.32. The molecule has 1 aromatic carbocycles. The van der Waals surface area contributed by atoms with Crippen LogP contribution in [0.15, 0.2) is 24.4 Å². The molecule has 3 nitrogen and oxygen atoms in total. The Kier molecular flexibility index (Phi) is 3.50. The minimum Gasteiger partial charge on any atom is -0.389 e. The van der Waals surface area contributed by atoms with Crippen molar-refractivity contribution in [3.8, 4) is 0 Å². The van der Waals surface area contributed by atoms with E-state index in [1.54, 1.807) is 6.92 Å². The summed E-state index contributed by atoms with van der Waals surface area (Å²) < 4.78 is 2.12. The molecule has 3 N–H and O–H groups in total. The normalized spacial score (nSPS) is 13.2. The van der Waals surface area contributed by atoms with Crippen LogP contribution in [0.2, 0.25) is 0 Å². The highest BCUT2D eigenvalue weighted by atomic mass is 16.3. The van der Waals surface area contributed by atoms with E-state index in [0.29, 0.717) is 6.54 Å². The second-order valence-corrected chi connectivity index (χ2v) is 4.45. The molecule has 1 heterocycles. The first kappa shape index (κ1) is 12.1. The molecular weight excluding hydrogens is 212 g/mol. The summed E-state index contributed by atoms with van der Waals surface area (Å²) in [5.74, 6) is 0. The highest BCUT2D eigenvalue weighted by Crippen LogP contribution is 2.27. The summed E-state index contributed by atoms with van der Waals surface area (Å²) in [6.07, 6.45) is 2.59. The van der Waals surface area contributed by atoms with Crippen molar-refractivity contribution in [1.29, 1.82) is 0 Å². The summed E-state index contributed by atoms with van der Waals surface area (Å²) in [4.78, 5) is 0. The maximum atomic E-state index is 9.82. The second-order valence-electron chi connectivity index (χ2n) is 4.45. The van der Waals surface area contributed by atoms with Gasteiger partial charge in [-0.1, -0.05) is 13.0 Å². The SMILES string of the molecule is CCc1ccc2c(c1)c(C(C)O)cn2CCN. The van der Waals surface area contributed by atoms with Crippen molar-refractivity contribution in [1.82, 2.24) is 4.57 Å². The van der Waals surface area contributed by atoms with Gasteiger partial charge in [0.1, 0.15) is 0 Å². The van der Waals surface area contributed by atoms with E-state index in [1.807, 2.05) is 6.20 Å². The molecule has 0 saturated carbocycles. The van der Waals surface area contributed by atoms with Crippen LogP contribution in [-0.2, 0) is 13.0 Å². The molecule has 2 rings (SSSR count). The molecule has 1 unspecified atom stereocenters. The predicted molar refractivity (Wildman–Crippen MR) is 71.0 cm³/mol. The van der Waals surface area contributed by atoms with Gasteiger partial charge < -0.3 is 15.4 Å². The fraction of sp³-hybridized carbons (Fsp3) is 0.429. The number of aliphatic hydroxyl groups is 1. The van der Waals surface area contributed by atoms with Crippen LogP contribution in [0.4, 0.5) is 0 Å². The minimum atomic E-state index is -0.441. The molecule has 0 aliphatic heterocycles. The minimum absolute atomic E-state index is 0.441. The third-order valence-electron chi connectivity index (χ3n) is 3.20. The van der Waals surface area contributed by atoms with Gasteiger partial charge in [-0.15, -0.1) is 0 Å². The first-order valence-corrected chi connectivity index (χ1v) is 6.17. The summed E-state index contributed by atoms with van der Waals surface area (Å²) in [6, 6.07) is 6.43. The smallest absolute Gasteiger partial charge is 0.0782 e. The number of nitrogens with two attached hydrogens (primary N) is 1. The molecule has 0 saturated heterocycles. The summed E-state index contributed by atoms with van der Waals surface area (Å²) in [6.45, 7) is 5.34. The number of hydrogen-bond acceptors (Lipinski definition) is 2. The topological polar surface area (TPSA) is 51.2 Å². The monoisotopic (exact) mass is 232 g/mol. The summed E-state index contributed by atoms with van der Waals surface area (Å²) in [5.41, 5.74) is 9.05. The average molecular weight is 232 g/mol. The van der Waals surface area contributed by atoms with Gasteiger partial charge in [-0.2, -0.15) is 0 Å². The van der Waals surface area contributed by atoms with Crippen molar-refractivity contribution >= 4 is 10.9 Å². The third kappa shape index (κ3) is 2.21. The van der Waals surface area contributed by atoms with Gasteiger partial charge in [0.25, 0.3) is 0 Å². The molecule has 1 aromatic heterocycles. The number of aromatic nitrogens is 1. The maximum Gasteiger partial charge on any atom is 0.0782 e. The predicted octanol–water partition coefficient (Wildman–Crippen LogP) is 2.22. The largest absolute Gasteiger partial charge is 0.389 e. The molecule has 0 amide bonds. The van der Waals surface area contributed by atoms with E-state index in [-0.39, 0.29) is 0 Å². The Bertz CT molecular complexity index is 514. The molecule has 0 fully saturated rings. The lowest BCUT2D eigenvalue weighted by molar-refractivity contribution is 0.200. The van der Waals surface area contributed by atoms with E-state index in [1.165, 1.54) is 5.56 Å². The number of aliphatic hydroxyl groups excluding tert-OH is 1. The first-order chi connectivity index (χ1) is 8.17. The standard InChI is InChI=1S/C14H20N2O/c1-3-11-4-5-14-12(8-11)13(10(2)17)9-16(14)7-6-15/h4-5,8-10,17H,3,6-7,15H2,1-2H3. The highest BCUT2D eigenvalue weighted by molar-refractivity contribution is 5.85. The van der Waals surface area contributed by atoms with Gasteiger partial charge in [0.2, 0.25) is 0 Å². The van der Waals surface area contributed by atoms with Crippen LogP contribution in [0.3, 0.4) is 0 Å². The van der Waals surface area contributed by atoms with E-state index in [9.17, 15) is 5.11 Å². The third-order valence-corrected chi connectivity index (χ3v) is 3.20. The van der Waals surface area contributed by atoms with Crippen LogP contribution < -0.4 is 5.73 Å². The summed E-state index contributed by atoms with van der Waals surface area (Å²) >= 11 is 0. The van der Waals surface area contributed by atoms with Gasteiger partial charge in [0.05, 0.1) is 6.10 Å². The molecule has 0 aliphatic carbocycles. The number of benzene rings is 1. The van der Waals surface area contributed by atoms with Crippen molar-refractivity contribution < 1.29 is 5.11 Å². The van der Waals surface area contributed by atoms with E-state index in [2.05, 4.69) is 29.7 Å². The quantitative estimate of drug-likeness (QED) is 0.849. The van der Waals surface area contributed by atoms with Gasteiger partial charge in [0.15, 0.2) is 0 Å². The van der Waals surface area contributed by atoms with Crippen molar-refractivity contribution in [2.75, 3.05) is 6.54 Å². The van der Waals surface area contributed by atoms with Gasteiger partial charge >= 0.3 is 0 Å². The van der Waals surface area contributed by atoms with Crippen LogP contribution in [-0.4, -0.2) is 16.2 Å². The summed E-state index contributed by atoms with van der Waals surface area (Å²) in [5, 5.41) is 11.0. The zero-order valence-corrected chi connectivity index (χ0v) is 10.5. The first-order valence-electron chi connectivity index (χ1n) is 6.17. The average Bonchev–Trinajstić information content (AvgIpc) is 2.68. The van der Waals surface area contributed by atoms with Crippen LogP contribution in [0, 0.1) is 0 Å². The van der Waals surface area contributed by atoms with Gasteiger partial charge in [-0.05, 0) is 31.0 Å². The van der Waals surface area contributed by atoms with Crippen molar-refractivity contribution in [2.24, 2.45) is 5.73 Å². The Morgan fingerprint density at radius 1 is 1.41 bits per heavy atom. The maximum absolute atomic E-state index is 9.82. The molecule has 17 heavy (non-hydrogen) atoms. The lowest BCUT2D eigenvalue weighted by Gasteiger charge is -2.04. The Labute approximate surface area is 102 Å². The molecule has 0 aliphatic rings. The Morgan fingerprint density at radius 2 is 2.18 bits per heavy atom. The molecule has 0 spiro atoms. The van der Waals surface area contributed by atoms with Gasteiger partial charge in [-0.3, -0.25) is 0 Å². The van der Waals surface area contributed by atoms with E-state index in [4.69, 9.17) is 5.73 Å². The zero-order valence-electron chi connectivity index (χ0n) is 10.5. The van der Waals surface area contributed by atoms with Crippen LogP contribution in [0.25, 0.3) is 10.9 Å². The molecule has 0 bridgehead atoms. The molecule has 0 radical (unpaired) electrons. The second kappa shape index (κ2) is 4.90. The van der Waals surface area contributed by atoms with Gasteiger partial charge in [0, 0.05) is 35.8 Å². The van der Waals surface area contributed by atoms with E-state index >= 15 is 0 Å². The molecule has 3 heteroatoms. The number of rotatable bonds is 4. The fourth-order valence-corrected chi connectivity index (χ4v) is 2.25. The van der Waals surface area contributed by atoms with Crippen LogP contribution >= 0.6 is 0 Å². The molecule has 1 atom stereocenters. The lowest BCUT2D eigenvalue weighted by Crippen LogP contribution is -2.08. The van der Waals surface area contributed by atoms with Gasteiger partial charge in [-0.25, -0.2) is 0 Å². The number of hydrogen-bond donors (Lipinski definition) is 2. The lowest BCUT2D eigenvalue weighted by atomic mass is 10.1. The van der Waals surface area contributed by atoms with Crippen molar-refractivity contribution in [3.63, 3.8) is 0 Å². The van der Waals surface area contributed by atoms with E-state index in [0.717, 1.165) is 29.4 Å². The molecule has 2 aromatic rings. The zero-order chi connectivity index (χ0) is 12.4.